The average molecular weight is 402 g/mol. The fraction of sp³-hybridized carbons (Fsp3) is 0.333. The highest BCUT2D eigenvalue weighted by Crippen LogP contribution is 2.33. The van der Waals surface area contributed by atoms with Crippen LogP contribution in [0.5, 0.6) is 5.75 Å². The molecular weight excluding hydrogens is 378 g/mol. The lowest BCUT2D eigenvalue weighted by molar-refractivity contribution is -0.128. The second-order valence-corrected chi connectivity index (χ2v) is 7.19. The van der Waals surface area contributed by atoms with Gasteiger partial charge in [0.15, 0.2) is 6.10 Å². The molecule has 2 aromatic carbocycles. The molecule has 0 aliphatic carbocycles. The Bertz CT molecular complexity index is 872. The third kappa shape index (κ3) is 4.75. The Morgan fingerprint density at radius 3 is 2.82 bits per heavy atom. The summed E-state index contributed by atoms with van der Waals surface area (Å²) in [6.07, 6.45) is 0.183. The summed E-state index contributed by atoms with van der Waals surface area (Å²) in [6.45, 7) is 4.89. The Kier molecular flexibility index (Phi) is 6.41. The van der Waals surface area contributed by atoms with Crippen LogP contribution in [0.25, 0.3) is 0 Å². The van der Waals surface area contributed by atoms with Gasteiger partial charge in [0.2, 0.25) is 5.91 Å². The molecule has 1 aliphatic heterocycles. The van der Waals surface area contributed by atoms with E-state index in [9.17, 15) is 9.59 Å². The molecule has 0 radical (unpaired) electrons. The van der Waals surface area contributed by atoms with Crippen LogP contribution >= 0.6 is 11.6 Å². The van der Waals surface area contributed by atoms with Crippen LogP contribution in [0.1, 0.15) is 18.9 Å². The maximum Gasteiger partial charge on any atom is 0.262 e. The van der Waals surface area contributed by atoms with Crippen molar-refractivity contribution in [2.45, 2.75) is 26.4 Å². The van der Waals surface area contributed by atoms with Crippen LogP contribution in [0.4, 0.5) is 11.4 Å². The number of benzene rings is 2. The van der Waals surface area contributed by atoms with Gasteiger partial charge < -0.3 is 20.3 Å². The third-order valence-electron chi connectivity index (χ3n) is 4.51. The summed E-state index contributed by atoms with van der Waals surface area (Å²) in [5.41, 5.74) is 2.40. The number of anilines is 2. The number of hydrogen-bond donors (Lipinski definition) is 2. The normalized spacial score (nSPS) is 15.4. The van der Waals surface area contributed by atoms with Crippen LogP contribution in [-0.2, 0) is 9.59 Å². The number of para-hydroxylation sites is 2. The molecule has 3 rings (SSSR count). The number of aryl methyl sites for hydroxylation is 1. The first-order valence-electron chi connectivity index (χ1n) is 9.32. The summed E-state index contributed by atoms with van der Waals surface area (Å²) in [6, 6.07) is 12.8. The standard InChI is InChI=1S/C21H24ClN3O3/c1-3-10-23-21(27)19-12-25(17-6-4-5-7-18(17)28-19)13-20(26)24-16-11-15(22)9-8-14(16)2/h4-9,11,19H,3,10,12-13H2,1-2H3,(H,23,27)(H,24,26). The predicted molar refractivity (Wildman–Crippen MR) is 111 cm³/mol. The number of nitrogens with one attached hydrogen (secondary N) is 2. The smallest absolute Gasteiger partial charge is 0.262 e. The number of carbonyl (C=O) groups is 2. The minimum absolute atomic E-state index is 0.101. The molecular formula is C21H24ClN3O3. The van der Waals surface area contributed by atoms with E-state index in [4.69, 9.17) is 16.3 Å². The van der Waals surface area contributed by atoms with Gasteiger partial charge in [0, 0.05) is 17.3 Å². The zero-order chi connectivity index (χ0) is 20.1. The summed E-state index contributed by atoms with van der Waals surface area (Å²) in [4.78, 5) is 26.9. The average Bonchev–Trinajstić information content (AvgIpc) is 2.68. The number of hydrogen-bond acceptors (Lipinski definition) is 4. The van der Waals surface area contributed by atoms with Crippen molar-refractivity contribution in [3.05, 3.63) is 53.1 Å². The van der Waals surface area contributed by atoms with Gasteiger partial charge >= 0.3 is 0 Å². The number of ether oxygens (including phenoxy) is 1. The Labute approximate surface area is 169 Å². The molecule has 2 N–H and O–H groups in total. The van der Waals surface area contributed by atoms with Crippen molar-refractivity contribution >= 4 is 34.8 Å². The SMILES string of the molecule is CCCNC(=O)C1CN(CC(=O)Nc2cc(Cl)ccc2C)c2ccccc2O1. The summed E-state index contributed by atoms with van der Waals surface area (Å²) < 4.78 is 5.85. The van der Waals surface area contributed by atoms with Gasteiger partial charge in [-0.05, 0) is 43.2 Å². The molecule has 28 heavy (non-hydrogen) atoms. The molecule has 1 heterocycles. The molecule has 0 aromatic heterocycles. The van der Waals surface area contributed by atoms with Crippen LogP contribution in [-0.4, -0.2) is 37.6 Å². The molecule has 6 nitrogen and oxygen atoms in total. The van der Waals surface area contributed by atoms with E-state index in [2.05, 4.69) is 10.6 Å². The molecule has 1 unspecified atom stereocenters. The van der Waals surface area contributed by atoms with Crippen molar-refractivity contribution in [1.29, 1.82) is 0 Å². The van der Waals surface area contributed by atoms with Crippen molar-refractivity contribution in [3.63, 3.8) is 0 Å². The van der Waals surface area contributed by atoms with Crippen LogP contribution in [0, 0.1) is 6.92 Å². The van der Waals surface area contributed by atoms with Gasteiger partial charge in [-0.1, -0.05) is 36.7 Å². The zero-order valence-corrected chi connectivity index (χ0v) is 16.8. The molecule has 0 spiro atoms. The molecule has 0 saturated heterocycles. The molecule has 2 aromatic rings. The highest BCUT2D eigenvalue weighted by molar-refractivity contribution is 6.31. The number of fused-ring (bicyclic) bond motifs is 1. The minimum Gasteiger partial charge on any atom is -0.477 e. The molecule has 0 fully saturated rings. The Morgan fingerprint density at radius 1 is 1.25 bits per heavy atom. The molecule has 2 amide bonds. The van der Waals surface area contributed by atoms with Crippen molar-refractivity contribution < 1.29 is 14.3 Å². The maximum atomic E-state index is 12.7. The largest absolute Gasteiger partial charge is 0.477 e. The van der Waals surface area contributed by atoms with Gasteiger partial charge in [-0.15, -0.1) is 0 Å². The topological polar surface area (TPSA) is 70.7 Å². The Morgan fingerprint density at radius 2 is 2.04 bits per heavy atom. The van der Waals surface area contributed by atoms with Crippen molar-refractivity contribution in [2.75, 3.05) is 29.9 Å². The number of nitrogens with zero attached hydrogens (tertiary/aromatic N) is 1. The number of halogens is 1. The minimum atomic E-state index is -0.665. The predicted octanol–water partition coefficient (Wildman–Crippen LogP) is 3.38. The highest BCUT2D eigenvalue weighted by Gasteiger charge is 2.31. The van der Waals surface area contributed by atoms with Gasteiger partial charge in [0.05, 0.1) is 18.8 Å². The first-order chi connectivity index (χ1) is 13.5. The van der Waals surface area contributed by atoms with Gasteiger partial charge in [0.1, 0.15) is 5.75 Å². The lowest BCUT2D eigenvalue weighted by atomic mass is 10.1. The van der Waals surface area contributed by atoms with Crippen molar-refractivity contribution in [1.82, 2.24) is 5.32 Å². The van der Waals surface area contributed by atoms with Crippen LogP contribution in [0.3, 0.4) is 0 Å². The molecule has 7 heteroatoms. The van der Waals surface area contributed by atoms with E-state index in [1.807, 2.05) is 43.0 Å². The fourth-order valence-corrected chi connectivity index (χ4v) is 3.22. The lowest BCUT2D eigenvalue weighted by Crippen LogP contribution is -2.50. The molecule has 1 atom stereocenters. The monoisotopic (exact) mass is 401 g/mol. The van der Waals surface area contributed by atoms with E-state index in [0.717, 1.165) is 17.7 Å². The van der Waals surface area contributed by atoms with Gasteiger partial charge in [-0.25, -0.2) is 0 Å². The molecule has 0 saturated carbocycles. The van der Waals surface area contributed by atoms with Crippen LogP contribution in [0.15, 0.2) is 42.5 Å². The van der Waals surface area contributed by atoms with E-state index in [1.54, 1.807) is 18.2 Å². The van der Waals surface area contributed by atoms with E-state index in [-0.39, 0.29) is 18.4 Å². The number of rotatable bonds is 6. The fourth-order valence-electron chi connectivity index (χ4n) is 3.05. The summed E-state index contributed by atoms with van der Waals surface area (Å²) in [5, 5.41) is 6.32. The molecule has 148 valence electrons. The first kappa shape index (κ1) is 20.0. The number of carbonyl (C=O) groups excluding carboxylic acids is 2. The van der Waals surface area contributed by atoms with Gasteiger partial charge in [-0.2, -0.15) is 0 Å². The van der Waals surface area contributed by atoms with E-state index in [1.165, 1.54) is 0 Å². The number of amides is 2. The van der Waals surface area contributed by atoms with Gasteiger partial charge in [-0.3, -0.25) is 9.59 Å². The van der Waals surface area contributed by atoms with Crippen LogP contribution in [0.2, 0.25) is 5.02 Å². The molecule has 0 bridgehead atoms. The van der Waals surface area contributed by atoms with Crippen molar-refractivity contribution in [2.24, 2.45) is 0 Å². The summed E-state index contributed by atoms with van der Waals surface area (Å²) in [5.74, 6) is 0.236. The molecule has 1 aliphatic rings. The maximum absolute atomic E-state index is 12.7. The van der Waals surface area contributed by atoms with Crippen molar-refractivity contribution in [3.8, 4) is 5.75 Å². The second kappa shape index (κ2) is 8.97. The summed E-state index contributed by atoms with van der Waals surface area (Å²) >= 11 is 6.03. The third-order valence-corrected chi connectivity index (χ3v) is 4.75. The highest BCUT2D eigenvalue weighted by atomic mass is 35.5. The van der Waals surface area contributed by atoms with E-state index < -0.39 is 6.10 Å². The van der Waals surface area contributed by atoms with Crippen LogP contribution < -0.4 is 20.3 Å². The Hall–Kier alpha value is -2.73. The van der Waals surface area contributed by atoms with E-state index >= 15 is 0 Å². The Balaban J connectivity index is 1.74. The zero-order valence-electron chi connectivity index (χ0n) is 16.0. The second-order valence-electron chi connectivity index (χ2n) is 6.75. The van der Waals surface area contributed by atoms with Gasteiger partial charge in [0.25, 0.3) is 5.91 Å². The van der Waals surface area contributed by atoms with E-state index in [0.29, 0.717) is 29.5 Å². The first-order valence-corrected chi connectivity index (χ1v) is 9.70. The lowest BCUT2D eigenvalue weighted by Gasteiger charge is -2.35. The quantitative estimate of drug-likeness (QED) is 0.778. The summed E-state index contributed by atoms with van der Waals surface area (Å²) in [7, 11) is 0.